The average molecular weight is 171 g/mol. The number of nitrogens with zero attached hydrogens (tertiary/aromatic N) is 1. The minimum absolute atomic E-state index is 0.343. The highest BCUT2D eigenvalue weighted by Crippen LogP contribution is 2.37. The summed E-state index contributed by atoms with van der Waals surface area (Å²) >= 11 is 0. The van der Waals surface area contributed by atoms with Crippen molar-refractivity contribution >= 4 is 6.09 Å². The summed E-state index contributed by atoms with van der Waals surface area (Å²) in [6, 6.07) is 0.399. The van der Waals surface area contributed by atoms with E-state index in [-0.39, 0.29) is 6.09 Å². The highest BCUT2D eigenvalue weighted by Gasteiger charge is 2.41. The van der Waals surface area contributed by atoms with Crippen molar-refractivity contribution in [2.45, 2.75) is 25.3 Å². The van der Waals surface area contributed by atoms with Gasteiger partial charge in [-0.15, -0.1) is 0 Å². The second-order valence-corrected chi connectivity index (χ2v) is 3.47. The zero-order valence-electron chi connectivity index (χ0n) is 6.82. The molecular formula is C7H13N3O2. The first-order valence-corrected chi connectivity index (χ1v) is 4.24. The van der Waals surface area contributed by atoms with Gasteiger partial charge in [0.2, 0.25) is 0 Å². The third-order valence-electron chi connectivity index (χ3n) is 2.79. The molecule has 0 aromatic carbocycles. The molecule has 1 aliphatic heterocycles. The highest BCUT2D eigenvalue weighted by atomic mass is 16.7. The van der Waals surface area contributed by atoms with Gasteiger partial charge in [-0.05, 0) is 25.2 Å². The van der Waals surface area contributed by atoms with Gasteiger partial charge in [0.15, 0.2) is 0 Å². The van der Waals surface area contributed by atoms with Crippen molar-refractivity contribution in [1.82, 2.24) is 10.5 Å². The Kier molecular flexibility index (Phi) is 1.90. The van der Waals surface area contributed by atoms with E-state index in [0.29, 0.717) is 12.0 Å². The maximum atomic E-state index is 11.2. The van der Waals surface area contributed by atoms with Gasteiger partial charge < -0.3 is 9.74 Å². The van der Waals surface area contributed by atoms with Crippen molar-refractivity contribution in [3.63, 3.8) is 0 Å². The van der Waals surface area contributed by atoms with E-state index in [9.17, 15) is 4.79 Å². The van der Waals surface area contributed by atoms with Crippen molar-refractivity contribution in [2.24, 2.45) is 11.8 Å². The number of carbonyl (C=O) groups is 1. The third-order valence-corrected chi connectivity index (χ3v) is 2.79. The van der Waals surface area contributed by atoms with Gasteiger partial charge in [-0.3, -0.25) is 0 Å². The summed E-state index contributed by atoms with van der Waals surface area (Å²) in [4.78, 5) is 17.4. The molecule has 2 atom stereocenters. The fraction of sp³-hybridized carbons (Fsp3) is 0.857. The molecule has 1 saturated heterocycles. The number of nitrogens with one attached hydrogen (secondary N) is 1. The molecule has 1 saturated carbocycles. The highest BCUT2D eigenvalue weighted by molar-refractivity contribution is 5.68. The lowest BCUT2D eigenvalue weighted by Crippen LogP contribution is -2.41. The molecule has 3 N–H and O–H groups in total. The molecule has 2 aliphatic rings. The van der Waals surface area contributed by atoms with Gasteiger partial charge in [0.25, 0.3) is 0 Å². The SMILES string of the molecule is NNOC(=O)N1CC2CCC1C2. The Morgan fingerprint density at radius 2 is 2.42 bits per heavy atom. The van der Waals surface area contributed by atoms with Crippen LogP contribution in [0.4, 0.5) is 4.79 Å². The number of rotatable bonds is 1. The normalized spacial score (nSPS) is 32.6. The first-order valence-electron chi connectivity index (χ1n) is 4.24. The number of hydrazine groups is 1. The molecule has 68 valence electrons. The van der Waals surface area contributed by atoms with Gasteiger partial charge >= 0.3 is 6.09 Å². The van der Waals surface area contributed by atoms with Gasteiger partial charge in [-0.2, -0.15) is 0 Å². The number of nitrogens with two attached hydrogens (primary N) is 1. The lowest BCUT2D eigenvalue weighted by atomic mass is 10.1. The van der Waals surface area contributed by atoms with E-state index in [4.69, 9.17) is 5.84 Å². The largest absolute Gasteiger partial charge is 0.430 e. The van der Waals surface area contributed by atoms with Gasteiger partial charge in [0, 0.05) is 12.6 Å². The van der Waals surface area contributed by atoms with E-state index < -0.39 is 0 Å². The molecule has 2 bridgehead atoms. The first kappa shape index (κ1) is 7.82. The van der Waals surface area contributed by atoms with Crippen LogP contribution in [0.15, 0.2) is 0 Å². The molecular weight excluding hydrogens is 158 g/mol. The first-order chi connectivity index (χ1) is 5.81. The van der Waals surface area contributed by atoms with Crippen molar-refractivity contribution in [3.8, 4) is 0 Å². The van der Waals surface area contributed by atoms with Crippen molar-refractivity contribution in [2.75, 3.05) is 6.54 Å². The summed E-state index contributed by atoms with van der Waals surface area (Å²) in [5.41, 5.74) is 1.91. The van der Waals surface area contributed by atoms with Gasteiger partial charge in [0.05, 0.1) is 0 Å². The number of carbonyl (C=O) groups excluding carboxylic acids is 1. The molecule has 1 heterocycles. The Bertz CT molecular complexity index is 197. The third kappa shape index (κ3) is 1.15. The van der Waals surface area contributed by atoms with Crippen LogP contribution in [-0.4, -0.2) is 23.6 Å². The minimum atomic E-state index is -0.343. The molecule has 0 aromatic heterocycles. The monoisotopic (exact) mass is 171 g/mol. The van der Waals surface area contributed by atoms with Crippen LogP contribution in [0, 0.1) is 5.92 Å². The maximum Gasteiger partial charge on any atom is 0.430 e. The molecule has 1 amide bonds. The standard InChI is InChI=1S/C7H13N3O2/c8-9-12-7(11)10-4-5-1-2-6(10)3-5/h5-6,9H,1-4,8H2. The summed E-state index contributed by atoms with van der Waals surface area (Å²) in [6.07, 6.45) is 3.17. The lowest BCUT2D eigenvalue weighted by Gasteiger charge is -2.25. The van der Waals surface area contributed by atoms with Crippen LogP contribution in [-0.2, 0) is 4.84 Å². The summed E-state index contributed by atoms with van der Waals surface area (Å²) in [5.74, 6) is 5.57. The van der Waals surface area contributed by atoms with E-state index in [1.807, 2.05) is 5.59 Å². The second-order valence-electron chi connectivity index (χ2n) is 3.47. The van der Waals surface area contributed by atoms with Crippen molar-refractivity contribution in [1.29, 1.82) is 0 Å². The molecule has 2 unspecified atom stereocenters. The molecule has 5 nitrogen and oxygen atoms in total. The van der Waals surface area contributed by atoms with Crippen LogP contribution in [0.25, 0.3) is 0 Å². The van der Waals surface area contributed by atoms with Crippen LogP contribution in [0.2, 0.25) is 0 Å². The van der Waals surface area contributed by atoms with Gasteiger partial charge in [-0.25, -0.2) is 10.6 Å². The molecule has 2 rings (SSSR count). The Morgan fingerprint density at radius 1 is 1.58 bits per heavy atom. The van der Waals surface area contributed by atoms with Crippen LogP contribution >= 0.6 is 0 Å². The summed E-state index contributed by atoms with van der Waals surface area (Å²) in [6.45, 7) is 0.838. The van der Waals surface area contributed by atoms with E-state index in [1.54, 1.807) is 4.90 Å². The van der Waals surface area contributed by atoms with Crippen LogP contribution in [0.1, 0.15) is 19.3 Å². The Labute approximate surface area is 70.8 Å². The van der Waals surface area contributed by atoms with Gasteiger partial charge in [-0.1, -0.05) is 5.59 Å². The molecule has 12 heavy (non-hydrogen) atoms. The average Bonchev–Trinajstić information content (AvgIpc) is 2.64. The number of hydrogen-bond donors (Lipinski definition) is 2. The number of piperidine rings is 1. The fourth-order valence-electron chi connectivity index (χ4n) is 2.26. The predicted octanol–water partition coefficient (Wildman–Crippen LogP) is -0.0144. The number of likely N-dealkylation sites (tertiary alicyclic amines) is 1. The number of amides is 1. The molecule has 1 aliphatic carbocycles. The van der Waals surface area contributed by atoms with E-state index in [1.165, 1.54) is 6.42 Å². The Morgan fingerprint density at radius 3 is 2.92 bits per heavy atom. The summed E-state index contributed by atoms with van der Waals surface area (Å²) < 4.78 is 0. The summed E-state index contributed by atoms with van der Waals surface area (Å²) in [7, 11) is 0. The van der Waals surface area contributed by atoms with Crippen molar-refractivity contribution < 1.29 is 9.63 Å². The zero-order chi connectivity index (χ0) is 8.55. The zero-order valence-corrected chi connectivity index (χ0v) is 6.82. The van der Waals surface area contributed by atoms with E-state index in [0.717, 1.165) is 19.4 Å². The molecule has 0 spiro atoms. The quantitative estimate of drug-likeness (QED) is 0.430. The second kappa shape index (κ2) is 2.91. The van der Waals surface area contributed by atoms with Gasteiger partial charge in [0.1, 0.15) is 0 Å². The smallest absolute Gasteiger partial charge is 0.338 e. The fourth-order valence-corrected chi connectivity index (χ4v) is 2.26. The number of fused-ring (bicyclic) bond motifs is 2. The summed E-state index contributed by atoms with van der Waals surface area (Å²) in [5, 5.41) is 0. The van der Waals surface area contributed by atoms with Crippen LogP contribution in [0.3, 0.4) is 0 Å². The molecule has 0 radical (unpaired) electrons. The lowest BCUT2D eigenvalue weighted by molar-refractivity contribution is 0.0473. The minimum Gasteiger partial charge on any atom is -0.338 e. The van der Waals surface area contributed by atoms with Crippen LogP contribution < -0.4 is 11.4 Å². The van der Waals surface area contributed by atoms with Crippen LogP contribution in [0.5, 0.6) is 0 Å². The Hall–Kier alpha value is -0.810. The van der Waals surface area contributed by atoms with E-state index in [2.05, 4.69) is 4.84 Å². The molecule has 5 heteroatoms. The number of hydrogen-bond acceptors (Lipinski definition) is 4. The maximum absolute atomic E-state index is 11.2. The molecule has 2 fully saturated rings. The van der Waals surface area contributed by atoms with E-state index >= 15 is 0 Å². The topological polar surface area (TPSA) is 67.6 Å². The van der Waals surface area contributed by atoms with Crippen molar-refractivity contribution in [3.05, 3.63) is 0 Å². The molecule has 0 aromatic rings. The Balaban J connectivity index is 1.93. The predicted molar refractivity (Wildman–Crippen MR) is 41.6 cm³/mol.